The van der Waals surface area contributed by atoms with E-state index in [2.05, 4.69) is 13.8 Å². The maximum absolute atomic E-state index is 5.68. The minimum Gasteiger partial charge on any atom is -0.370 e. The van der Waals surface area contributed by atoms with Gasteiger partial charge in [0.25, 0.3) is 0 Å². The van der Waals surface area contributed by atoms with Gasteiger partial charge in [-0.15, -0.1) is 0 Å². The second-order valence-corrected chi connectivity index (χ2v) is 5.62. The van der Waals surface area contributed by atoms with Gasteiger partial charge in [-0.2, -0.15) is 0 Å². The van der Waals surface area contributed by atoms with E-state index in [-0.39, 0.29) is 0 Å². The molecule has 1 fully saturated rings. The zero-order valence-electron chi connectivity index (χ0n) is 12.0. The first-order chi connectivity index (χ1) is 8.38. The molecule has 0 aromatic carbocycles. The molecular formula is C16H32O. The fraction of sp³-hybridized carbons (Fsp3) is 1.00. The quantitative estimate of drug-likeness (QED) is 0.325. The molecule has 1 aliphatic heterocycles. The average Bonchev–Trinajstić information content (AvgIpc) is 3.09. The van der Waals surface area contributed by atoms with E-state index in [1.54, 1.807) is 0 Å². The highest BCUT2D eigenvalue weighted by Gasteiger charge is 2.36. The maximum atomic E-state index is 5.68. The second kappa shape index (κ2) is 9.94. The molecule has 2 atom stereocenters. The standard InChI is InChI=1S/C16H32O/c1-3-5-7-8-9-10-11-12-14-16-15(17-16)13-6-4-2/h15-16H,3-14H2,1-2H3/t15-,16+/m1/s1. The van der Waals surface area contributed by atoms with Crippen molar-refractivity contribution in [1.82, 2.24) is 0 Å². The molecule has 0 bridgehead atoms. The summed E-state index contributed by atoms with van der Waals surface area (Å²) in [4.78, 5) is 0. The van der Waals surface area contributed by atoms with E-state index in [0.717, 1.165) is 0 Å². The molecule has 1 heterocycles. The van der Waals surface area contributed by atoms with E-state index in [9.17, 15) is 0 Å². The molecule has 0 aromatic rings. The largest absolute Gasteiger partial charge is 0.370 e. The zero-order chi connectivity index (χ0) is 12.3. The van der Waals surface area contributed by atoms with Crippen molar-refractivity contribution in [1.29, 1.82) is 0 Å². The molecule has 102 valence electrons. The van der Waals surface area contributed by atoms with Crippen LogP contribution in [0.4, 0.5) is 0 Å². The molecule has 0 aromatic heterocycles. The summed E-state index contributed by atoms with van der Waals surface area (Å²) in [6.45, 7) is 4.54. The van der Waals surface area contributed by atoms with Crippen LogP contribution in [0.5, 0.6) is 0 Å². The summed E-state index contributed by atoms with van der Waals surface area (Å²) in [6.07, 6.45) is 17.9. The number of epoxide rings is 1. The van der Waals surface area contributed by atoms with Crippen LogP contribution in [0.2, 0.25) is 0 Å². The lowest BCUT2D eigenvalue weighted by molar-refractivity contribution is 0.349. The van der Waals surface area contributed by atoms with Crippen LogP contribution in [0, 0.1) is 0 Å². The van der Waals surface area contributed by atoms with Crippen molar-refractivity contribution in [2.75, 3.05) is 0 Å². The van der Waals surface area contributed by atoms with Crippen molar-refractivity contribution in [2.24, 2.45) is 0 Å². The van der Waals surface area contributed by atoms with E-state index in [1.165, 1.54) is 77.0 Å². The normalized spacial score (nSPS) is 22.9. The van der Waals surface area contributed by atoms with Crippen LogP contribution in [-0.4, -0.2) is 12.2 Å². The van der Waals surface area contributed by atoms with Gasteiger partial charge in [0.15, 0.2) is 0 Å². The highest BCUT2D eigenvalue weighted by atomic mass is 16.6. The van der Waals surface area contributed by atoms with Gasteiger partial charge >= 0.3 is 0 Å². The van der Waals surface area contributed by atoms with Gasteiger partial charge < -0.3 is 4.74 Å². The van der Waals surface area contributed by atoms with E-state index in [1.807, 2.05) is 0 Å². The van der Waals surface area contributed by atoms with Crippen molar-refractivity contribution in [3.63, 3.8) is 0 Å². The highest BCUT2D eigenvalue weighted by Crippen LogP contribution is 2.31. The first-order valence-electron chi connectivity index (χ1n) is 8.04. The van der Waals surface area contributed by atoms with E-state index >= 15 is 0 Å². The number of hydrogen-bond donors (Lipinski definition) is 0. The minimum absolute atomic E-state index is 0.638. The lowest BCUT2D eigenvalue weighted by Crippen LogP contribution is -1.94. The molecule has 0 unspecified atom stereocenters. The summed E-state index contributed by atoms with van der Waals surface area (Å²) in [7, 11) is 0. The number of ether oxygens (including phenoxy) is 1. The topological polar surface area (TPSA) is 12.5 Å². The van der Waals surface area contributed by atoms with Gasteiger partial charge in [-0.05, 0) is 12.8 Å². The molecule has 1 aliphatic rings. The van der Waals surface area contributed by atoms with E-state index in [0.29, 0.717) is 12.2 Å². The van der Waals surface area contributed by atoms with Gasteiger partial charge in [0.2, 0.25) is 0 Å². The Labute approximate surface area is 108 Å². The fourth-order valence-electron chi connectivity index (χ4n) is 2.57. The molecule has 1 nitrogen and oxygen atoms in total. The van der Waals surface area contributed by atoms with Crippen molar-refractivity contribution < 1.29 is 4.74 Å². The first kappa shape index (κ1) is 15.0. The molecule has 0 radical (unpaired) electrons. The summed E-state index contributed by atoms with van der Waals surface area (Å²) in [5.74, 6) is 0. The molecule has 17 heavy (non-hydrogen) atoms. The van der Waals surface area contributed by atoms with Crippen molar-refractivity contribution in [3.05, 3.63) is 0 Å². The lowest BCUT2D eigenvalue weighted by atomic mass is 10.0. The molecule has 0 N–H and O–H groups in total. The van der Waals surface area contributed by atoms with Gasteiger partial charge in [0.1, 0.15) is 0 Å². The molecule has 1 rings (SSSR count). The predicted molar refractivity (Wildman–Crippen MR) is 75.4 cm³/mol. The van der Waals surface area contributed by atoms with Gasteiger partial charge in [-0.1, -0.05) is 78.1 Å². The summed E-state index contributed by atoms with van der Waals surface area (Å²) in [5.41, 5.74) is 0. The van der Waals surface area contributed by atoms with Crippen molar-refractivity contribution in [2.45, 2.75) is 103 Å². The van der Waals surface area contributed by atoms with Gasteiger partial charge in [-0.25, -0.2) is 0 Å². The molecule has 1 saturated heterocycles. The Morgan fingerprint density at radius 3 is 1.65 bits per heavy atom. The van der Waals surface area contributed by atoms with E-state index < -0.39 is 0 Å². The Morgan fingerprint density at radius 1 is 0.588 bits per heavy atom. The third-order valence-electron chi connectivity index (χ3n) is 3.87. The van der Waals surface area contributed by atoms with Gasteiger partial charge in [0, 0.05) is 0 Å². The van der Waals surface area contributed by atoms with Crippen molar-refractivity contribution >= 4 is 0 Å². The van der Waals surface area contributed by atoms with Crippen LogP contribution in [0.3, 0.4) is 0 Å². The molecule has 1 heteroatoms. The Balaban J connectivity index is 1.74. The first-order valence-corrected chi connectivity index (χ1v) is 8.04. The predicted octanol–water partition coefficient (Wildman–Crippen LogP) is 5.47. The fourth-order valence-corrected chi connectivity index (χ4v) is 2.57. The summed E-state index contributed by atoms with van der Waals surface area (Å²) in [5, 5.41) is 0. The lowest BCUT2D eigenvalue weighted by Gasteiger charge is -2.00. The summed E-state index contributed by atoms with van der Waals surface area (Å²) < 4.78 is 5.68. The van der Waals surface area contributed by atoms with Crippen LogP contribution in [0.25, 0.3) is 0 Å². The van der Waals surface area contributed by atoms with Crippen LogP contribution in [-0.2, 0) is 4.74 Å². The van der Waals surface area contributed by atoms with Crippen LogP contribution >= 0.6 is 0 Å². The van der Waals surface area contributed by atoms with Crippen LogP contribution in [0.15, 0.2) is 0 Å². The number of rotatable bonds is 12. The van der Waals surface area contributed by atoms with Gasteiger partial charge in [0.05, 0.1) is 12.2 Å². The van der Waals surface area contributed by atoms with Crippen LogP contribution < -0.4 is 0 Å². The second-order valence-electron chi connectivity index (χ2n) is 5.62. The Bertz CT molecular complexity index is 167. The molecule has 0 amide bonds. The highest BCUT2D eigenvalue weighted by molar-refractivity contribution is 4.84. The third-order valence-corrected chi connectivity index (χ3v) is 3.87. The molecule has 0 spiro atoms. The van der Waals surface area contributed by atoms with Crippen molar-refractivity contribution in [3.8, 4) is 0 Å². The number of unbranched alkanes of at least 4 members (excludes halogenated alkanes) is 8. The average molecular weight is 240 g/mol. The molecule has 0 aliphatic carbocycles. The summed E-state index contributed by atoms with van der Waals surface area (Å²) in [6, 6.07) is 0. The Kier molecular flexibility index (Phi) is 8.78. The monoisotopic (exact) mass is 240 g/mol. The Hall–Kier alpha value is -0.0400. The minimum atomic E-state index is 0.638. The maximum Gasteiger partial charge on any atom is 0.0841 e. The summed E-state index contributed by atoms with van der Waals surface area (Å²) >= 11 is 0. The Morgan fingerprint density at radius 2 is 1.06 bits per heavy atom. The SMILES string of the molecule is CCCCCCCCCC[C@@H]1O[C@@H]1CCCC. The van der Waals surface area contributed by atoms with Crippen LogP contribution in [0.1, 0.15) is 90.9 Å². The third kappa shape index (κ3) is 7.81. The molecular weight excluding hydrogens is 208 g/mol. The zero-order valence-corrected chi connectivity index (χ0v) is 12.0. The number of hydrogen-bond acceptors (Lipinski definition) is 1. The smallest absolute Gasteiger partial charge is 0.0841 e. The molecule has 0 saturated carbocycles. The van der Waals surface area contributed by atoms with E-state index in [4.69, 9.17) is 4.74 Å². The van der Waals surface area contributed by atoms with Gasteiger partial charge in [-0.3, -0.25) is 0 Å².